The van der Waals surface area contributed by atoms with Gasteiger partial charge in [-0.25, -0.2) is 0 Å². The number of benzene rings is 2. The number of piperidine rings is 1. The number of likely N-dealkylation sites (tertiary alicyclic amines) is 1. The van der Waals surface area contributed by atoms with Crippen molar-refractivity contribution in [2.75, 3.05) is 19.6 Å². The van der Waals surface area contributed by atoms with Crippen molar-refractivity contribution >= 4 is 17.5 Å². The Bertz CT molecular complexity index is 982. The van der Waals surface area contributed by atoms with E-state index in [1.165, 1.54) is 0 Å². The Balaban J connectivity index is 1.37. The standard InChI is InChI=1S/C24H27ClN4O2/c1-2-14-29(17-22-26-23(27-31-22)18-8-10-20(25)11-9-18)21-12-15-28(16-13-21)24(30)19-6-4-3-5-7-19/h3-11,21H,2,12-17H2,1H3. The van der Waals surface area contributed by atoms with Crippen molar-refractivity contribution < 1.29 is 9.32 Å². The van der Waals surface area contributed by atoms with Gasteiger partial charge in [-0.1, -0.05) is 41.9 Å². The number of carbonyl (C=O) groups excluding carboxylic acids is 1. The van der Waals surface area contributed by atoms with Crippen molar-refractivity contribution in [3.05, 3.63) is 71.1 Å². The molecule has 2 aromatic carbocycles. The number of carbonyl (C=O) groups is 1. The molecule has 0 unspecified atom stereocenters. The Morgan fingerprint density at radius 1 is 1.13 bits per heavy atom. The van der Waals surface area contributed by atoms with Gasteiger partial charge in [0.1, 0.15) is 0 Å². The van der Waals surface area contributed by atoms with Crippen LogP contribution in [0.15, 0.2) is 59.1 Å². The number of aromatic nitrogens is 2. The Kier molecular flexibility index (Phi) is 6.99. The number of amides is 1. The van der Waals surface area contributed by atoms with Gasteiger partial charge >= 0.3 is 0 Å². The van der Waals surface area contributed by atoms with Gasteiger partial charge in [0.25, 0.3) is 5.91 Å². The van der Waals surface area contributed by atoms with Crippen LogP contribution in [0.1, 0.15) is 42.4 Å². The molecule has 3 aromatic rings. The van der Waals surface area contributed by atoms with Crippen LogP contribution >= 0.6 is 11.6 Å². The maximum absolute atomic E-state index is 12.7. The Morgan fingerprint density at radius 2 is 1.84 bits per heavy atom. The lowest BCUT2D eigenvalue weighted by Crippen LogP contribution is -2.46. The highest BCUT2D eigenvalue weighted by atomic mass is 35.5. The molecule has 1 fully saturated rings. The van der Waals surface area contributed by atoms with Gasteiger partial charge in [-0.2, -0.15) is 4.98 Å². The Labute approximate surface area is 187 Å². The van der Waals surface area contributed by atoms with Crippen LogP contribution in [0.5, 0.6) is 0 Å². The van der Waals surface area contributed by atoms with Gasteiger partial charge in [0.05, 0.1) is 6.54 Å². The molecular formula is C24H27ClN4O2. The molecule has 1 saturated heterocycles. The predicted octanol–water partition coefficient (Wildman–Crippen LogP) is 4.91. The molecule has 1 aromatic heterocycles. The lowest BCUT2D eigenvalue weighted by molar-refractivity contribution is 0.0590. The monoisotopic (exact) mass is 438 g/mol. The van der Waals surface area contributed by atoms with Crippen molar-refractivity contribution in [1.29, 1.82) is 0 Å². The van der Waals surface area contributed by atoms with Gasteiger partial charge in [-0.3, -0.25) is 9.69 Å². The molecule has 1 aliphatic rings. The van der Waals surface area contributed by atoms with E-state index in [0.717, 1.165) is 50.0 Å². The summed E-state index contributed by atoms with van der Waals surface area (Å²) in [6.07, 6.45) is 2.93. The number of nitrogens with zero attached hydrogens (tertiary/aromatic N) is 4. The van der Waals surface area contributed by atoms with Crippen LogP contribution in [0.25, 0.3) is 11.4 Å². The highest BCUT2D eigenvalue weighted by molar-refractivity contribution is 6.30. The predicted molar refractivity (Wildman–Crippen MR) is 121 cm³/mol. The van der Waals surface area contributed by atoms with Gasteiger partial charge in [0.15, 0.2) is 0 Å². The summed E-state index contributed by atoms with van der Waals surface area (Å²) in [6, 6.07) is 17.3. The fraction of sp³-hybridized carbons (Fsp3) is 0.375. The summed E-state index contributed by atoms with van der Waals surface area (Å²) in [5.74, 6) is 1.30. The minimum atomic E-state index is 0.116. The van der Waals surface area contributed by atoms with Gasteiger partial charge in [-0.15, -0.1) is 0 Å². The largest absolute Gasteiger partial charge is 0.339 e. The molecule has 2 heterocycles. The zero-order chi connectivity index (χ0) is 21.6. The van der Waals surface area contributed by atoms with E-state index in [1.54, 1.807) is 0 Å². The maximum Gasteiger partial charge on any atom is 0.253 e. The molecule has 162 valence electrons. The first-order chi connectivity index (χ1) is 15.1. The smallest absolute Gasteiger partial charge is 0.253 e. The summed E-state index contributed by atoms with van der Waals surface area (Å²) in [6.45, 7) is 5.27. The molecule has 0 saturated carbocycles. The van der Waals surface area contributed by atoms with Gasteiger partial charge < -0.3 is 9.42 Å². The molecule has 31 heavy (non-hydrogen) atoms. The van der Waals surface area contributed by atoms with Crippen LogP contribution in [0.4, 0.5) is 0 Å². The molecule has 1 amide bonds. The number of halogens is 1. The zero-order valence-corrected chi connectivity index (χ0v) is 18.5. The lowest BCUT2D eigenvalue weighted by atomic mass is 10.0. The van der Waals surface area contributed by atoms with E-state index in [-0.39, 0.29) is 5.91 Å². The fourth-order valence-electron chi connectivity index (χ4n) is 4.08. The van der Waals surface area contributed by atoms with Gasteiger partial charge in [0.2, 0.25) is 11.7 Å². The van der Waals surface area contributed by atoms with Crippen LogP contribution in [0, 0.1) is 0 Å². The minimum absolute atomic E-state index is 0.116. The summed E-state index contributed by atoms with van der Waals surface area (Å²) in [5.41, 5.74) is 1.64. The first kappa shape index (κ1) is 21.5. The molecule has 0 bridgehead atoms. The normalized spacial score (nSPS) is 14.9. The summed E-state index contributed by atoms with van der Waals surface area (Å²) >= 11 is 5.96. The van der Waals surface area contributed by atoms with Gasteiger partial charge in [0, 0.05) is 35.3 Å². The van der Waals surface area contributed by atoms with E-state index in [0.29, 0.717) is 29.3 Å². The van der Waals surface area contributed by atoms with E-state index in [4.69, 9.17) is 16.1 Å². The Hall–Kier alpha value is -2.70. The Morgan fingerprint density at radius 3 is 2.52 bits per heavy atom. The van der Waals surface area contributed by atoms with Crippen LogP contribution in [-0.4, -0.2) is 51.5 Å². The molecule has 7 heteroatoms. The first-order valence-electron chi connectivity index (χ1n) is 10.8. The highest BCUT2D eigenvalue weighted by Crippen LogP contribution is 2.23. The first-order valence-corrected chi connectivity index (χ1v) is 11.2. The van der Waals surface area contributed by atoms with Crippen LogP contribution < -0.4 is 0 Å². The average Bonchev–Trinajstić information content (AvgIpc) is 3.28. The lowest BCUT2D eigenvalue weighted by Gasteiger charge is -2.38. The SMILES string of the molecule is CCCN(Cc1nc(-c2ccc(Cl)cc2)no1)C1CCN(C(=O)c2ccccc2)CC1. The molecule has 4 rings (SSSR count). The van der Waals surface area contributed by atoms with E-state index < -0.39 is 0 Å². The summed E-state index contributed by atoms with van der Waals surface area (Å²) in [5, 5.41) is 4.81. The second-order valence-electron chi connectivity index (χ2n) is 7.88. The van der Waals surface area contributed by atoms with Crippen LogP contribution in [-0.2, 0) is 6.54 Å². The highest BCUT2D eigenvalue weighted by Gasteiger charge is 2.28. The summed E-state index contributed by atoms with van der Waals surface area (Å²) in [4.78, 5) is 21.7. The third-order valence-electron chi connectivity index (χ3n) is 5.71. The van der Waals surface area contributed by atoms with Crippen molar-refractivity contribution in [2.45, 2.75) is 38.8 Å². The van der Waals surface area contributed by atoms with Crippen LogP contribution in [0.3, 0.4) is 0 Å². The molecule has 0 N–H and O–H groups in total. The third-order valence-corrected chi connectivity index (χ3v) is 5.96. The zero-order valence-electron chi connectivity index (χ0n) is 17.7. The van der Waals surface area contributed by atoms with E-state index in [9.17, 15) is 4.79 Å². The van der Waals surface area contributed by atoms with Crippen molar-refractivity contribution in [3.8, 4) is 11.4 Å². The van der Waals surface area contributed by atoms with Crippen LogP contribution in [0.2, 0.25) is 5.02 Å². The second-order valence-corrected chi connectivity index (χ2v) is 8.31. The number of hydrogen-bond acceptors (Lipinski definition) is 5. The molecule has 0 spiro atoms. The average molecular weight is 439 g/mol. The number of rotatable bonds is 7. The van der Waals surface area contributed by atoms with Gasteiger partial charge in [-0.05, 0) is 62.2 Å². The molecule has 0 atom stereocenters. The number of hydrogen-bond donors (Lipinski definition) is 0. The summed E-state index contributed by atoms with van der Waals surface area (Å²) < 4.78 is 5.53. The fourth-order valence-corrected chi connectivity index (χ4v) is 4.21. The van der Waals surface area contributed by atoms with E-state index >= 15 is 0 Å². The van der Waals surface area contributed by atoms with E-state index in [2.05, 4.69) is 22.0 Å². The van der Waals surface area contributed by atoms with Crippen molar-refractivity contribution in [2.24, 2.45) is 0 Å². The van der Waals surface area contributed by atoms with Crippen molar-refractivity contribution in [1.82, 2.24) is 19.9 Å². The van der Waals surface area contributed by atoms with E-state index in [1.807, 2.05) is 59.5 Å². The molecular weight excluding hydrogens is 412 g/mol. The quantitative estimate of drug-likeness (QED) is 0.524. The minimum Gasteiger partial charge on any atom is -0.339 e. The third kappa shape index (κ3) is 5.32. The molecule has 1 aliphatic heterocycles. The topological polar surface area (TPSA) is 62.5 Å². The maximum atomic E-state index is 12.7. The molecule has 6 nitrogen and oxygen atoms in total. The van der Waals surface area contributed by atoms with Crippen molar-refractivity contribution in [3.63, 3.8) is 0 Å². The summed E-state index contributed by atoms with van der Waals surface area (Å²) in [7, 11) is 0. The molecule has 0 radical (unpaired) electrons. The molecule has 0 aliphatic carbocycles. The second kappa shape index (κ2) is 10.1.